The van der Waals surface area contributed by atoms with E-state index >= 15 is 0 Å². The summed E-state index contributed by atoms with van der Waals surface area (Å²) in [5, 5.41) is 0.882. The van der Waals surface area contributed by atoms with E-state index in [1.165, 1.54) is 4.90 Å². The van der Waals surface area contributed by atoms with Gasteiger partial charge in [0.1, 0.15) is 5.69 Å². The summed E-state index contributed by atoms with van der Waals surface area (Å²) in [6, 6.07) is 15.6. The van der Waals surface area contributed by atoms with E-state index in [0.717, 1.165) is 35.2 Å². The van der Waals surface area contributed by atoms with Gasteiger partial charge in [0, 0.05) is 74.8 Å². The molecule has 0 atom stereocenters. The van der Waals surface area contributed by atoms with Gasteiger partial charge in [-0.1, -0.05) is 18.2 Å². The highest BCUT2D eigenvalue weighted by atomic mass is 19.3. The molecule has 5 rings (SSSR count). The highest BCUT2D eigenvalue weighted by Gasteiger charge is 2.36. The summed E-state index contributed by atoms with van der Waals surface area (Å²) in [6.45, 7) is 9.36. The molecule has 1 aromatic heterocycles. The number of aromatic nitrogens is 1. The Hall–Kier alpha value is -3.26. The van der Waals surface area contributed by atoms with Gasteiger partial charge in [0.15, 0.2) is 0 Å². The van der Waals surface area contributed by atoms with Crippen LogP contribution in [0.3, 0.4) is 0 Å². The van der Waals surface area contributed by atoms with Crippen LogP contribution in [0.5, 0.6) is 0 Å². The van der Waals surface area contributed by atoms with E-state index in [4.69, 9.17) is 0 Å². The van der Waals surface area contributed by atoms with Crippen molar-refractivity contribution < 1.29 is 18.4 Å². The number of fused-ring (bicyclic) bond motifs is 1. The fourth-order valence-corrected chi connectivity index (χ4v) is 5.43. The van der Waals surface area contributed by atoms with Gasteiger partial charge >= 0.3 is 0 Å². The number of rotatable bonds is 4. The number of aryl methyl sites for hydroxylation is 1. The Kier molecular flexibility index (Phi) is 6.79. The van der Waals surface area contributed by atoms with Gasteiger partial charge < -0.3 is 14.4 Å². The van der Waals surface area contributed by atoms with E-state index in [2.05, 4.69) is 18.7 Å². The van der Waals surface area contributed by atoms with Crippen molar-refractivity contribution in [3.05, 3.63) is 65.4 Å². The van der Waals surface area contributed by atoms with Crippen molar-refractivity contribution in [2.75, 3.05) is 39.3 Å². The zero-order valence-corrected chi connectivity index (χ0v) is 21.7. The maximum Gasteiger partial charge on any atom is 0.270 e. The van der Waals surface area contributed by atoms with Crippen LogP contribution in [0.4, 0.5) is 8.78 Å². The largest absolute Gasteiger partial charge is 0.337 e. The molecule has 2 aromatic carbocycles. The Morgan fingerprint density at radius 3 is 2.16 bits per heavy atom. The Bertz CT molecular complexity index is 1310. The first-order chi connectivity index (χ1) is 17.6. The molecule has 2 aliphatic heterocycles. The van der Waals surface area contributed by atoms with Crippen LogP contribution >= 0.6 is 0 Å². The van der Waals surface area contributed by atoms with E-state index in [9.17, 15) is 18.4 Å². The number of hydrogen-bond donors (Lipinski definition) is 0. The molecule has 196 valence electrons. The third-order valence-electron chi connectivity index (χ3n) is 7.61. The number of amides is 2. The quantitative estimate of drug-likeness (QED) is 0.500. The summed E-state index contributed by atoms with van der Waals surface area (Å²) >= 11 is 0. The second-order valence-corrected chi connectivity index (χ2v) is 10.6. The van der Waals surface area contributed by atoms with Crippen LogP contribution in [0.25, 0.3) is 16.6 Å². The molecule has 0 bridgehead atoms. The van der Waals surface area contributed by atoms with Crippen molar-refractivity contribution >= 4 is 22.7 Å². The maximum absolute atomic E-state index is 13.8. The first-order valence-electron chi connectivity index (χ1n) is 13.1. The fraction of sp³-hybridized carbons (Fsp3) is 0.448. The molecular formula is C29H34F2N4O2. The molecular weight excluding hydrogens is 474 g/mol. The molecule has 0 aliphatic carbocycles. The predicted octanol–water partition coefficient (Wildman–Crippen LogP) is 4.98. The lowest BCUT2D eigenvalue weighted by Crippen LogP contribution is -2.50. The van der Waals surface area contributed by atoms with Gasteiger partial charge in [-0.2, -0.15) is 0 Å². The van der Waals surface area contributed by atoms with Crippen molar-refractivity contribution in [2.45, 2.75) is 45.6 Å². The van der Waals surface area contributed by atoms with Gasteiger partial charge in [0.2, 0.25) is 0 Å². The average molecular weight is 509 g/mol. The molecule has 37 heavy (non-hydrogen) atoms. The highest BCUT2D eigenvalue weighted by molar-refractivity contribution is 6.00. The van der Waals surface area contributed by atoms with Crippen LogP contribution in [0, 0.1) is 6.92 Å². The van der Waals surface area contributed by atoms with Crippen LogP contribution < -0.4 is 0 Å². The van der Waals surface area contributed by atoms with Crippen molar-refractivity contribution in [2.24, 2.45) is 0 Å². The molecule has 0 radical (unpaired) electrons. The summed E-state index contributed by atoms with van der Waals surface area (Å²) in [5.41, 5.74) is 3.47. The van der Waals surface area contributed by atoms with Crippen LogP contribution in [0.1, 0.15) is 53.1 Å². The number of hydrogen-bond acceptors (Lipinski definition) is 3. The number of carbonyl (C=O) groups is 2. The van der Waals surface area contributed by atoms with Gasteiger partial charge in [-0.05, 0) is 56.7 Å². The van der Waals surface area contributed by atoms with Gasteiger partial charge in [0.05, 0.1) is 5.52 Å². The lowest BCUT2D eigenvalue weighted by molar-refractivity contribution is -0.0495. The van der Waals surface area contributed by atoms with Gasteiger partial charge in [-0.25, -0.2) is 8.78 Å². The maximum atomic E-state index is 13.8. The number of carbonyl (C=O) groups excluding carboxylic acids is 2. The van der Waals surface area contributed by atoms with Crippen molar-refractivity contribution in [3.63, 3.8) is 0 Å². The summed E-state index contributed by atoms with van der Waals surface area (Å²) < 4.78 is 29.4. The number of alkyl halides is 2. The number of piperazine rings is 1. The molecule has 8 heteroatoms. The lowest BCUT2D eigenvalue weighted by atomic mass is 10.1. The van der Waals surface area contributed by atoms with Gasteiger partial charge in [0.25, 0.3) is 17.7 Å². The first-order valence-corrected chi connectivity index (χ1v) is 13.1. The minimum absolute atomic E-state index is 0.0176. The monoisotopic (exact) mass is 508 g/mol. The SMILES string of the molecule is Cc1cc(C(=O)N2CCN(C(C)C)CC2)cc(-n2c(C(=O)N3CCC(F)(F)CC3)cc3ccccc32)c1. The van der Waals surface area contributed by atoms with Crippen molar-refractivity contribution in [1.82, 2.24) is 19.3 Å². The second-order valence-electron chi connectivity index (χ2n) is 10.6. The van der Waals surface area contributed by atoms with E-state index in [-0.39, 0.29) is 37.7 Å². The van der Waals surface area contributed by atoms with Gasteiger partial charge in [-0.3, -0.25) is 14.5 Å². The molecule has 2 amide bonds. The number of likely N-dealkylation sites (tertiary alicyclic amines) is 1. The topological polar surface area (TPSA) is 48.8 Å². The number of piperidine rings is 1. The Balaban J connectivity index is 1.50. The second kappa shape index (κ2) is 9.89. The summed E-state index contributed by atoms with van der Waals surface area (Å²) in [7, 11) is 0. The molecule has 2 aliphatic rings. The van der Waals surface area contributed by atoms with E-state index in [0.29, 0.717) is 30.4 Å². The van der Waals surface area contributed by atoms with Crippen LogP contribution in [0.2, 0.25) is 0 Å². The van der Waals surface area contributed by atoms with Crippen molar-refractivity contribution in [3.8, 4) is 5.69 Å². The Morgan fingerprint density at radius 1 is 0.838 bits per heavy atom. The summed E-state index contributed by atoms with van der Waals surface area (Å²) in [4.78, 5) is 32.9. The number of para-hydroxylation sites is 1. The van der Waals surface area contributed by atoms with Crippen molar-refractivity contribution in [1.29, 1.82) is 0 Å². The number of halogens is 2. The Labute approximate surface area is 216 Å². The fourth-order valence-electron chi connectivity index (χ4n) is 5.43. The first kappa shape index (κ1) is 25.4. The lowest BCUT2D eigenvalue weighted by Gasteiger charge is -2.37. The normalized spacial score (nSPS) is 18.5. The molecule has 2 fully saturated rings. The summed E-state index contributed by atoms with van der Waals surface area (Å²) in [5.74, 6) is -3.02. The molecule has 0 N–H and O–H groups in total. The minimum Gasteiger partial charge on any atom is -0.337 e. The highest BCUT2D eigenvalue weighted by Crippen LogP contribution is 2.31. The zero-order valence-electron chi connectivity index (χ0n) is 21.7. The third-order valence-corrected chi connectivity index (χ3v) is 7.61. The number of benzene rings is 2. The molecule has 0 unspecified atom stereocenters. The molecule has 3 aromatic rings. The van der Waals surface area contributed by atoms with Crippen LogP contribution in [-0.4, -0.2) is 82.3 Å². The average Bonchev–Trinajstić information content (AvgIpc) is 3.27. The molecule has 0 saturated carbocycles. The molecule has 3 heterocycles. The third kappa shape index (κ3) is 5.12. The zero-order chi connectivity index (χ0) is 26.3. The molecule has 2 saturated heterocycles. The Morgan fingerprint density at radius 2 is 1.49 bits per heavy atom. The molecule has 0 spiro atoms. The van der Waals surface area contributed by atoms with Crippen LogP contribution in [-0.2, 0) is 0 Å². The van der Waals surface area contributed by atoms with E-state index in [1.807, 2.05) is 64.9 Å². The standard InChI is InChI=1S/C29H34F2N4O2/c1-20(2)32-12-14-34(15-13-32)27(36)23-16-21(3)17-24(18-23)35-25-7-5-4-6-22(25)19-26(35)28(37)33-10-8-29(30,31)9-11-33/h4-7,16-20H,8-15H2,1-3H3. The van der Waals surface area contributed by atoms with E-state index in [1.54, 1.807) is 0 Å². The van der Waals surface area contributed by atoms with Gasteiger partial charge in [-0.15, -0.1) is 0 Å². The minimum atomic E-state index is -2.73. The molecule has 6 nitrogen and oxygen atoms in total. The number of nitrogens with zero attached hydrogens (tertiary/aromatic N) is 4. The smallest absolute Gasteiger partial charge is 0.270 e. The predicted molar refractivity (Wildman–Crippen MR) is 141 cm³/mol. The van der Waals surface area contributed by atoms with E-state index < -0.39 is 5.92 Å². The van der Waals surface area contributed by atoms with Crippen LogP contribution in [0.15, 0.2) is 48.5 Å². The summed E-state index contributed by atoms with van der Waals surface area (Å²) in [6.07, 6.45) is -0.654.